The average molecular weight is 302 g/mol. The van der Waals surface area contributed by atoms with Crippen molar-refractivity contribution in [1.82, 2.24) is 20.6 Å². The first-order valence-electron chi connectivity index (χ1n) is 6.51. The maximum atomic E-state index is 12.0. The molecule has 0 aliphatic carbocycles. The molecule has 0 bridgehead atoms. The van der Waals surface area contributed by atoms with Gasteiger partial charge in [0.1, 0.15) is 0 Å². The molecule has 1 aromatic carbocycles. The van der Waals surface area contributed by atoms with Crippen molar-refractivity contribution in [2.75, 3.05) is 14.2 Å². The molecule has 1 atom stereocenters. The van der Waals surface area contributed by atoms with Crippen LogP contribution in [0.1, 0.15) is 12.6 Å². The molecule has 1 aromatic heterocycles. The van der Waals surface area contributed by atoms with E-state index in [-0.39, 0.29) is 0 Å². The van der Waals surface area contributed by atoms with Gasteiger partial charge in [0.2, 0.25) is 0 Å². The van der Waals surface area contributed by atoms with Crippen molar-refractivity contribution in [3.8, 4) is 11.5 Å². The highest BCUT2D eigenvalue weighted by atomic mass is 16.5. The maximum Gasteiger partial charge on any atom is 0.322 e. The lowest BCUT2D eigenvalue weighted by Crippen LogP contribution is -2.41. The number of fused-ring (bicyclic) bond motifs is 1. The maximum absolute atomic E-state index is 12.0. The van der Waals surface area contributed by atoms with Crippen LogP contribution in [0.4, 0.5) is 4.79 Å². The summed E-state index contributed by atoms with van der Waals surface area (Å²) < 4.78 is 10.4. The molecule has 114 valence electrons. The number of carbonyl (C=O) groups is 2. The van der Waals surface area contributed by atoms with Crippen molar-refractivity contribution < 1.29 is 19.1 Å². The Morgan fingerprint density at radius 1 is 1.09 bits per heavy atom. The Morgan fingerprint density at radius 2 is 1.73 bits per heavy atom. The molecule has 2 N–H and O–H groups in total. The molecule has 1 aliphatic rings. The van der Waals surface area contributed by atoms with Crippen LogP contribution >= 0.6 is 0 Å². The van der Waals surface area contributed by atoms with E-state index in [9.17, 15) is 9.59 Å². The van der Waals surface area contributed by atoms with Crippen molar-refractivity contribution >= 4 is 23.0 Å². The number of ether oxygens (including phenoxy) is 2. The molecule has 0 saturated carbocycles. The van der Waals surface area contributed by atoms with Gasteiger partial charge >= 0.3 is 6.03 Å². The van der Waals surface area contributed by atoms with Crippen LogP contribution in [0.25, 0.3) is 11.0 Å². The lowest BCUT2D eigenvalue weighted by Gasteiger charge is -2.19. The number of hydrogen-bond donors (Lipinski definition) is 2. The van der Waals surface area contributed by atoms with Gasteiger partial charge in [-0.3, -0.25) is 15.1 Å². The molecule has 2 heterocycles. The topological polar surface area (TPSA) is 102 Å². The summed E-state index contributed by atoms with van der Waals surface area (Å²) >= 11 is 0. The number of methoxy groups -OCH3 is 2. The number of carbonyl (C=O) groups excluding carboxylic acids is 2. The van der Waals surface area contributed by atoms with E-state index in [1.54, 1.807) is 19.1 Å². The second-order valence-corrected chi connectivity index (χ2v) is 4.98. The SMILES string of the molecule is COc1cc2ncc(C3(C)NC(=O)NC3=O)nc2cc1OC. The fraction of sp³-hybridized carbons (Fsp3) is 0.286. The molecule has 1 fully saturated rings. The number of amides is 3. The zero-order chi connectivity index (χ0) is 15.9. The van der Waals surface area contributed by atoms with E-state index < -0.39 is 17.5 Å². The molecular formula is C14H14N4O4. The van der Waals surface area contributed by atoms with Crippen LogP contribution in [-0.2, 0) is 10.3 Å². The molecule has 8 heteroatoms. The zero-order valence-corrected chi connectivity index (χ0v) is 12.3. The highest BCUT2D eigenvalue weighted by Crippen LogP contribution is 2.31. The van der Waals surface area contributed by atoms with E-state index in [0.717, 1.165) is 0 Å². The van der Waals surface area contributed by atoms with Gasteiger partial charge in [0.05, 0.1) is 37.1 Å². The molecule has 1 saturated heterocycles. The van der Waals surface area contributed by atoms with E-state index >= 15 is 0 Å². The fourth-order valence-electron chi connectivity index (χ4n) is 2.30. The molecule has 1 unspecified atom stereocenters. The number of rotatable bonds is 3. The van der Waals surface area contributed by atoms with Crippen molar-refractivity contribution in [1.29, 1.82) is 0 Å². The monoisotopic (exact) mass is 302 g/mol. The highest BCUT2D eigenvalue weighted by Gasteiger charge is 2.45. The molecule has 2 aromatic rings. The lowest BCUT2D eigenvalue weighted by atomic mass is 9.98. The fourth-order valence-corrected chi connectivity index (χ4v) is 2.30. The summed E-state index contributed by atoms with van der Waals surface area (Å²) in [5.41, 5.74) is 0.224. The Balaban J connectivity index is 2.14. The summed E-state index contributed by atoms with van der Waals surface area (Å²) in [6, 6.07) is 2.81. The minimum absolute atomic E-state index is 0.343. The number of benzene rings is 1. The van der Waals surface area contributed by atoms with Crippen molar-refractivity contribution in [3.63, 3.8) is 0 Å². The highest BCUT2D eigenvalue weighted by molar-refractivity contribution is 6.07. The van der Waals surface area contributed by atoms with Crippen LogP contribution in [0.3, 0.4) is 0 Å². The first-order chi connectivity index (χ1) is 10.5. The normalized spacial score (nSPS) is 20.7. The van der Waals surface area contributed by atoms with Gasteiger partial charge in [0.25, 0.3) is 5.91 Å². The molecule has 22 heavy (non-hydrogen) atoms. The number of nitrogens with zero attached hydrogens (tertiary/aromatic N) is 2. The van der Waals surface area contributed by atoms with Gasteiger partial charge in [-0.15, -0.1) is 0 Å². The Kier molecular flexibility index (Phi) is 3.09. The minimum atomic E-state index is -1.24. The van der Waals surface area contributed by atoms with Crippen LogP contribution < -0.4 is 20.1 Å². The smallest absolute Gasteiger partial charge is 0.322 e. The quantitative estimate of drug-likeness (QED) is 0.809. The van der Waals surface area contributed by atoms with E-state index in [0.29, 0.717) is 28.2 Å². The zero-order valence-electron chi connectivity index (χ0n) is 12.3. The number of imide groups is 1. The van der Waals surface area contributed by atoms with Gasteiger partial charge in [0.15, 0.2) is 17.0 Å². The van der Waals surface area contributed by atoms with Crippen LogP contribution in [0, 0.1) is 0 Å². The minimum Gasteiger partial charge on any atom is -0.493 e. The second kappa shape index (κ2) is 4.83. The summed E-state index contributed by atoms with van der Waals surface area (Å²) in [6.45, 7) is 1.57. The summed E-state index contributed by atoms with van der Waals surface area (Å²) in [5, 5.41) is 4.75. The Labute approximate surface area is 125 Å². The van der Waals surface area contributed by atoms with Gasteiger partial charge in [-0.1, -0.05) is 0 Å². The predicted molar refractivity (Wildman–Crippen MR) is 76.7 cm³/mol. The van der Waals surface area contributed by atoms with Crippen LogP contribution in [0.2, 0.25) is 0 Å². The van der Waals surface area contributed by atoms with Crippen LogP contribution in [0.15, 0.2) is 18.3 Å². The van der Waals surface area contributed by atoms with Crippen LogP contribution in [0.5, 0.6) is 11.5 Å². The second-order valence-electron chi connectivity index (χ2n) is 4.98. The first kappa shape index (κ1) is 14.1. The number of urea groups is 1. The summed E-state index contributed by atoms with van der Waals surface area (Å²) in [6.07, 6.45) is 1.46. The largest absolute Gasteiger partial charge is 0.493 e. The van der Waals surface area contributed by atoms with Gasteiger partial charge in [-0.05, 0) is 6.92 Å². The third-order valence-electron chi connectivity index (χ3n) is 3.60. The summed E-state index contributed by atoms with van der Waals surface area (Å²) in [4.78, 5) is 32.0. The molecule has 3 amide bonds. The van der Waals surface area contributed by atoms with E-state index in [4.69, 9.17) is 9.47 Å². The third-order valence-corrected chi connectivity index (χ3v) is 3.60. The average Bonchev–Trinajstić information content (AvgIpc) is 2.78. The molecule has 0 radical (unpaired) electrons. The molecular weight excluding hydrogens is 288 g/mol. The lowest BCUT2D eigenvalue weighted by molar-refractivity contribution is -0.123. The van der Waals surface area contributed by atoms with Gasteiger partial charge < -0.3 is 14.8 Å². The number of aromatic nitrogens is 2. The summed E-state index contributed by atoms with van der Waals surface area (Å²) in [7, 11) is 3.05. The van der Waals surface area contributed by atoms with Gasteiger partial charge in [-0.25, -0.2) is 9.78 Å². The summed E-state index contributed by atoms with van der Waals surface area (Å²) in [5.74, 6) is 0.577. The standard InChI is InChI=1S/C14H14N4O4/c1-14(12(19)17-13(20)18-14)11-6-15-7-4-9(21-2)10(22-3)5-8(7)16-11/h4-6H,1-3H3,(H2,17,18,19,20). The molecule has 1 aliphatic heterocycles. The van der Waals surface area contributed by atoms with Crippen molar-refractivity contribution in [2.45, 2.75) is 12.5 Å². The molecule has 8 nitrogen and oxygen atoms in total. The first-order valence-corrected chi connectivity index (χ1v) is 6.51. The Bertz CT molecular complexity index is 792. The Morgan fingerprint density at radius 3 is 2.27 bits per heavy atom. The van der Waals surface area contributed by atoms with Gasteiger partial charge in [0, 0.05) is 12.1 Å². The predicted octanol–water partition coefficient (Wildman–Crippen LogP) is 0.702. The molecule has 0 spiro atoms. The van der Waals surface area contributed by atoms with E-state index in [2.05, 4.69) is 20.6 Å². The van der Waals surface area contributed by atoms with E-state index in [1.165, 1.54) is 20.4 Å². The number of hydrogen-bond acceptors (Lipinski definition) is 6. The van der Waals surface area contributed by atoms with Crippen molar-refractivity contribution in [2.24, 2.45) is 0 Å². The Hall–Kier alpha value is -2.90. The van der Waals surface area contributed by atoms with Crippen LogP contribution in [-0.4, -0.2) is 36.1 Å². The van der Waals surface area contributed by atoms with Gasteiger partial charge in [-0.2, -0.15) is 0 Å². The number of nitrogens with one attached hydrogen (secondary N) is 2. The van der Waals surface area contributed by atoms with E-state index in [1.807, 2.05) is 0 Å². The third kappa shape index (κ3) is 2.00. The van der Waals surface area contributed by atoms with Crippen molar-refractivity contribution in [3.05, 3.63) is 24.0 Å². The molecule has 3 rings (SSSR count).